The van der Waals surface area contributed by atoms with Gasteiger partial charge in [0.15, 0.2) is 0 Å². The molecule has 0 radical (unpaired) electrons. The zero-order chi connectivity index (χ0) is 9.56. The van der Waals surface area contributed by atoms with Crippen molar-refractivity contribution in [2.24, 2.45) is 0 Å². The standard InChI is InChI=1S/C8H12O4/c1-3-6(9)4-7(10)5-8(11)12-2/h3,6,9H,1,4-5H2,2H3. The Labute approximate surface area is 70.8 Å². The van der Waals surface area contributed by atoms with Crippen LogP contribution in [0.3, 0.4) is 0 Å². The minimum Gasteiger partial charge on any atom is -0.469 e. The smallest absolute Gasteiger partial charge is 0.313 e. The quantitative estimate of drug-likeness (QED) is 0.361. The number of methoxy groups -OCH3 is 1. The molecule has 0 aromatic heterocycles. The first-order valence-corrected chi connectivity index (χ1v) is 3.49. The monoisotopic (exact) mass is 172 g/mol. The van der Waals surface area contributed by atoms with Gasteiger partial charge in [0.2, 0.25) is 0 Å². The molecule has 0 aliphatic rings. The summed E-state index contributed by atoms with van der Waals surface area (Å²) in [5.74, 6) is -0.939. The van der Waals surface area contributed by atoms with Gasteiger partial charge >= 0.3 is 5.97 Å². The number of aliphatic hydroxyl groups is 1. The Morgan fingerprint density at radius 1 is 1.67 bits per heavy atom. The Kier molecular flexibility index (Phi) is 4.96. The minimum atomic E-state index is -0.873. The lowest BCUT2D eigenvalue weighted by Crippen LogP contribution is -2.15. The van der Waals surface area contributed by atoms with Gasteiger partial charge in [0, 0.05) is 6.42 Å². The third-order valence-corrected chi connectivity index (χ3v) is 1.28. The number of carbonyl (C=O) groups excluding carboxylic acids is 2. The largest absolute Gasteiger partial charge is 0.469 e. The highest BCUT2D eigenvalue weighted by Crippen LogP contribution is 1.98. The van der Waals surface area contributed by atoms with Crippen molar-refractivity contribution in [3.05, 3.63) is 12.7 Å². The lowest BCUT2D eigenvalue weighted by atomic mass is 10.1. The highest BCUT2D eigenvalue weighted by molar-refractivity contribution is 5.95. The van der Waals surface area contributed by atoms with Crippen molar-refractivity contribution in [2.45, 2.75) is 18.9 Å². The molecule has 0 aromatic rings. The molecule has 12 heavy (non-hydrogen) atoms. The normalized spacial score (nSPS) is 11.8. The van der Waals surface area contributed by atoms with E-state index in [1.165, 1.54) is 13.2 Å². The van der Waals surface area contributed by atoms with Gasteiger partial charge in [-0.1, -0.05) is 6.08 Å². The number of hydrogen-bond acceptors (Lipinski definition) is 4. The average Bonchev–Trinajstić information content (AvgIpc) is 2.03. The molecule has 0 fully saturated rings. The molecule has 68 valence electrons. The van der Waals surface area contributed by atoms with Crippen LogP contribution in [0.25, 0.3) is 0 Å². The van der Waals surface area contributed by atoms with E-state index in [2.05, 4.69) is 11.3 Å². The van der Waals surface area contributed by atoms with Crippen LogP contribution < -0.4 is 0 Å². The zero-order valence-electron chi connectivity index (χ0n) is 6.95. The van der Waals surface area contributed by atoms with Crippen molar-refractivity contribution in [1.29, 1.82) is 0 Å². The van der Waals surface area contributed by atoms with Gasteiger partial charge in [0.25, 0.3) is 0 Å². The van der Waals surface area contributed by atoms with E-state index in [-0.39, 0.29) is 18.6 Å². The fourth-order valence-electron chi connectivity index (χ4n) is 0.622. The van der Waals surface area contributed by atoms with Gasteiger partial charge in [-0.25, -0.2) is 0 Å². The Balaban J connectivity index is 3.74. The molecule has 0 rings (SSSR count). The summed E-state index contributed by atoms with van der Waals surface area (Å²) in [6, 6.07) is 0. The lowest BCUT2D eigenvalue weighted by Gasteiger charge is -2.02. The summed E-state index contributed by atoms with van der Waals surface area (Å²) >= 11 is 0. The summed E-state index contributed by atoms with van der Waals surface area (Å²) in [4.78, 5) is 21.4. The SMILES string of the molecule is C=CC(O)CC(=O)CC(=O)OC. The minimum absolute atomic E-state index is 0.0847. The summed E-state index contributed by atoms with van der Waals surface area (Å²) < 4.78 is 4.27. The van der Waals surface area contributed by atoms with Crippen molar-refractivity contribution < 1.29 is 19.4 Å². The molecule has 0 aliphatic carbocycles. The van der Waals surface area contributed by atoms with E-state index in [1.807, 2.05) is 0 Å². The maximum absolute atomic E-state index is 10.9. The van der Waals surface area contributed by atoms with Crippen molar-refractivity contribution >= 4 is 11.8 Å². The molecule has 0 saturated carbocycles. The molecule has 0 amide bonds. The van der Waals surface area contributed by atoms with E-state index in [4.69, 9.17) is 5.11 Å². The van der Waals surface area contributed by atoms with Crippen molar-refractivity contribution in [1.82, 2.24) is 0 Å². The number of rotatable bonds is 5. The molecule has 0 saturated heterocycles. The zero-order valence-corrected chi connectivity index (χ0v) is 6.95. The van der Waals surface area contributed by atoms with Gasteiger partial charge in [0.1, 0.15) is 12.2 Å². The summed E-state index contributed by atoms with van der Waals surface area (Å²) in [5.41, 5.74) is 0. The van der Waals surface area contributed by atoms with Gasteiger partial charge in [-0.15, -0.1) is 6.58 Å². The summed E-state index contributed by atoms with van der Waals surface area (Å²) in [6.07, 6.45) is -0.00279. The summed E-state index contributed by atoms with van der Waals surface area (Å²) in [6.45, 7) is 3.29. The molecule has 1 unspecified atom stereocenters. The number of Topliss-reactive ketones (excluding diaryl/α,β-unsaturated/α-hetero) is 1. The van der Waals surface area contributed by atoms with E-state index in [9.17, 15) is 9.59 Å². The first-order chi connectivity index (χ1) is 5.60. The van der Waals surface area contributed by atoms with Crippen LogP contribution in [-0.4, -0.2) is 30.1 Å². The molecule has 0 aliphatic heterocycles. The second kappa shape index (κ2) is 5.49. The lowest BCUT2D eigenvalue weighted by molar-refractivity contribution is -0.143. The molecular formula is C8H12O4. The Bertz CT molecular complexity index is 185. The van der Waals surface area contributed by atoms with Crippen LogP contribution in [0.4, 0.5) is 0 Å². The van der Waals surface area contributed by atoms with E-state index in [0.717, 1.165) is 0 Å². The van der Waals surface area contributed by atoms with E-state index in [0.29, 0.717) is 0 Å². The number of ketones is 1. The number of esters is 1. The maximum Gasteiger partial charge on any atom is 0.313 e. The Morgan fingerprint density at radius 2 is 2.25 bits per heavy atom. The van der Waals surface area contributed by atoms with Crippen LogP contribution in [0.1, 0.15) is 12.8 Å². The molecule has 0 spiro atoms. The van der Waals surface area contributed by atoms with Crippen LogP contribution in [0, 0.1) is 0 Å². The number of hydrogen-bond donors (Lipinski definition) is 1. The molecule has 1 N–H and O–H groups in total. The second-order valence-corrected chi connectivity index (χ2v) is 2.30. The number of ether oxygens (including phenoxy) is 1. The Morgan fingerprint density at radius 3 is 2.67 bits per heavy atom. The van der Waals surface area contributed by atoms with Crippen LogP contribution in [0.15, 0.2) is 12.7 Å². The van der Waals surface area contributed by atoms with Crippen LogP contribution in [0.5, 0.6) is 0 Å². The maximum atomic E-state index is 10.9. The average molecular weight is 172 g/mol. The van der Waals surface area contributed by atoms with Gasteiger partial charge in [0.05, 0.1) is 13.2 Å². The fourth-order valence-corrected chi connectivity index (χ4v) is 0.622. The third kappa shape index (κ3) is 4.62. The highest BCUT2D eigenvalue weighted by Gasteiger charge is 2.12. The van der Waals surface area contributed by atoms with E-state index in [1.54, 1.807) is 0 Å². The van der Waals surface area contributed by atoms with Crippen LogP contribution >= 0.6 is 0 Å². The summed E-state index contributed by atoms with van der Waals surface area (Å²) in [7, 11) is 1.21. The first-order valence-electron chi connectivity index (χ1n) is 3.49. The molecule has 4 nitrogen and oxygen atoms in total. The molecule has 4 heteroatoms. The predicted molar refractivity (Wildman–Crippen MR) is 42.5 cm³/mol. The van der Waals surface area contributed by atoms with Gasteiger partial charge in [-0.3, -0.25) is 9.59 Å². The molecule has 0 heterocycles. The van der Waals surface area contributed by atoms with Gasteiger partial charge in [-0.2, -0.15) is 0 Å². The fraction of sp³-hybridized carbons (Fsp3) is 0.500. The second-order valence-electron chi connectivity index (χ2n) is 2.30. The van der Waals surface area contributed by atoms with Gasteiger partial charge < -0.3 is 9.84 Å². The van der Waals surface area contributed by atoms with Crippen molar-refractivity contribution in [2.75, 3.05) is 7.11 Å². The number of aliphatic hydroxyl groups excluding tert-OH is 1. The summed E-state index contributed by atoms with van der Waals surface area (Å²) in [5, 5.41) is 8.92. The van der Waals surface area contributed by atoms with Crippen LogP contribution in [0.2, 0.25) is 0 Å². The van der Waals surface area contributed by atoms with Crippen molar-refractivity contribution in [3.8, 4) is 0 Å². The molecular weight excluding hydrogens is 160 g/mol. The molecule has 0 aromatic carbocycles. The van der Waals surface area contributed by atoms with E-state index < -0.39 is 12.1 Å². The van der Waals surface area contributed by atoms with E-state index >= 15 is 0 Å². The predicted octanol–water partition coefficient (Wildman–Crippen LogP) is 0.0556. The number of carbonyl (C=O) groups is 2. The van der Waals surface area contributed by atoms with Crippen LogP contribution in [-0.2, 0) is 14.3 Å². The topological polar surface area (TPSA) is 63.6 Å². The first kappa shape index (κ1) is 10.8. The molecule has 0 bridgehead atoms. The van der Waals surface area contributed by atoms with Crippen molar-refractivity contribution in [3.63, 3.8) is 0 Å². The Hall–Kier alpha value is -1.16. The van der Waals surface area contributed by atoms with Gasteiger partial charge in [-0.05, 0) is 0 Å². The highest BCUT2D eigenvalue weighted by atomic mass is 16.5. The third-order valence-electron chi connectivity index (χ3n) is 1.28. The molecule has 1 atom stereocenters.